The highest BCUT2D eigenvalue weighted by molar-refractivity contribution is 6.62. The summed E-state index contributed by atoms with van der Waals surface area (Å²) >= 11 is 0. The maximum absolute atomic E-state index is 14.0. The van der Waals surface area contributed by atoms with E-state index in [1.807, 2.05) is 47.6 Å². The van der Waals surface area contributed by atoms with Crippen LogP contribution in [0.4, 0.5) is 4.39 Å². The molecule has 0 amide bonds. The van der Waals surface area contributed by atoms with Crippen LogP contribution in [0.15, 0.2) is 12.1 Å². The first-order chi connectivity index (χ1) is 8.14. The minimum Gasteiger partial charge on any atom is -0.399 e. The van der Waals surface area contributed by atoms with E-state index in [-0.39, 0.29) is 5.82 Å². The van der Waals surface area contributed by atoms with Gasteiger partial charge in [-0.25, -0.2) is 4.39 Å². The molecule has 0 atom stereocenters. The molecular formula is C14H20BFO2. The Labute approximate surface area is 109 Å². The molecule has 1 aromatic carbocycles. The fourth-order valence-electron chi connectivity index (χ4n) is 1.95. The molecule has 2 nitrogen and oxygen atoms in total. The first-order valence-corrected chi connectivity index (χ1v) is 6.26. The summed E-state index contributed by atoms with van der Waals surface area (Å²) in [5.41, 5.74) is 1.58. The van der Waals surface area contributed by atoms with E-state index in [4.69, 9.17) is 9.31 Å². The zero-order valence-corrected chi connectivity index (χ0v) is 11.9. The Bertz CT molecular complexity index is 467. The quantitative estimate of drug-likeness (QED) is 0.713. The van der Waals surface area contributed by atoms with E-state index in [0.29, 0.717) is 5.46 Å². The molecule has 18 heavy (non-hydrogen) atoms. The zero-order chi connectivity index (χ0) is 13.7. The average Bonchev–Trinajstić information content (AvgIpc) is 2.42. The lowest BCUT2D eigenvalue weighted by molar-refractivity contribution is 0.00578. The van der Waals surface area contributed by atoms with E-state index in [9.17, 15) is 4.39 Å². The molecule has 98 valence electrons. The first kappa shape index (κ1) is 13.6. The predicted molar refractivity (Wildman–Crippen MR) is 71.6 cm³/mol. The first-order valence-electron chi connectivity index (χ1n) is 6.26. The summed E-state index contributed by atoms with van der Waals surface area (Å²) in [6.07, 6.45) is 0. The summed E-state index contributed by atoms with van der Waals surface area (Å²) in [6.45, 7) is 11.7. The maximum Gasteiger partial charge on any atom is 0.497 e. The van der Waals surface area contributed by atoms with Crippen molar-refractivity contribution in [3.63, 3.8) is 0 Å². The van der Waals surface area contributed by atoms with Gasteiger partial charge >= 0.3 is 7.12 Å². The molecule has 1 saturated heterocycles. The van der Waals surface area contributed by atoms with E-state index in [1.54, 1.807) is 0 Å². The van der Waals surface area contributed by atoms with Gasteiger partial charge in [-0.15, -0.1) is 0 Å². The molecular weight excluding hydrogens is 230 g/mol. The summed E-state index contributed by atoms with van der Waals surface area (Å²) in [6, 6.07) is 3.35. The van der Waals surface area contributed by atoms with Crippen molar-refractivity contribution in [2.45, 2.75) is 52.7 Å². The highest BCUT2D eigenvalue weighted by Gasteiger charge is 2.52. The van der Waals surface area contributed by atoms with E-state index in [2.05, 4.69) is 0 Å². The molecule has 2 rings (SSSR count). The summed E-state index contributed by atoms with van der Waals surface area (Å²) < 4.78 is 25.8. The third-order valence-electron chi connectivity index (χ3n) is 4.12. The van der Waals surface area contributed by atoms with Crippen molar-refractivity contribution >= 4 is 12.6 Å². The van der Waals surface area contributed by atoms with E-state index >= 15 is 0 Å². The van der Waals surface area contributed by atoms with Crippen LogP contribution in [0.5, 0.6) is 0 Å². The minimum absolute atomic E-state index is 0.267. The topological polar surface area (TPSA) is 18.5 Å². The molecule has 0 N–H and O–H groups in total. The lowest BCUT2D eigenvalue weighted by Gasteiger charge is -2.32. The standard InChI is InChI=1S/C14H20BFO2/c1-9-7-11(12(16)8-10(9)2)15-17-13(3,4)14(5,6)18-15/h7-8H,1-6H3. The molecule has 0 radical (unpaired) electrons. The number of halogens is 1. The highest BCUT2D eigenvalue weighted by atomic mass is 19.1. The van der Waals surface area contributed by atoms with Crippen LogP contribution in [0.3, 0.4) is 0 Å². The lowest BCUT2D eigenvalue weighted by Crippen LogP contribution is -2.41. The van der Waals surface area contributed by atoms with Gasteiger partial charge in [-0.1, -0.05) is 6.07 Å². The van der Waals surface area contributed by atoms with Crippen LogP contribution in [0.25, 0.3) is 0 Å². The molecule has 1 aliphatic rings. The van der Waals surface area contributed by atoms with Gasteiger partial charge in [0.1, 0.15) is 5.82 Å². The van der Waals surface area contributed by atoms with Gasteiger partial charge in [-0.05, 0) is 58.7 Å². The monoisotopic (exact) mass is 250 g/mol. The third-order valence-corrected chi connectivity index (χ3v) is 4.12. The summed E-state index contributed by atoms with van der Waals surface area (Å²) in [5, 5.41) is 0. The molecule has 0 aliphatic carbocycles. The van der Waals surface area contributed by atoms with Crippen molar-refractivity contribution < 1.29 is 13.7 Å². The zero-order valence-electron chi connectivity index (χ0n) is 11.9. The number of benzene rings is 1. The van der Waals surface area contributed by atoms with Crippen LogP contribution in [0, 0.1) is 19.7 Å². The molecule has 4 heteroatoms. The highest BCUT2D eigenvalue weighted by Crippen LogP contribution is 2.36. The molecule has 1 fully saturated rings. The van der Waals surface area contributed by atoms with Crippen molar-refractivity contribution in [3.05, 3.63) is 29.1 Å². The van der Waals surface area contributed by atoms with Gasteiger partial charge in [0.15, 0.2) is 0 Å². The van der Waals surface area contributed by atoms with Crippen LogP contribution in [0.2, 0.25) is 0 Å². The van der Waals surface area contributed by atoms with Gasteiger partial charge in [0.05, 0.1) is 11.2 Å². The van der Waals surface area contributed by atoms with Gasteiger partial charge in [0.2, 0.25) is 0 Å². The molecule has 0 aromatic heterocycles. The Hall–Kier alpha value is -0.865. The number of rotatable bonds is 1. The molecule has 0 saturated carbocycles. The second-order valence-corrected chi connectivity index (χ2v) is 6.05. The van der Waals surface area contributed by atoms with Crippen LogP contribution >= 0.6 is 0 Å². The van der Waals surface area contributed by atoms with Crippen molar-refractivity contribution in [2.24, 2.45) is 0 Å². The van der Waals surface area contributed by atoms with E-state index in [0.717, 1.165) is 11.1 Å². The van der Waals surface area contributed by atoms with Crippen LogP contribution in [0.1, 0.15) is 38.8 Å². The Balaban J connectivity index is 2.38. The van der Waals surface area contributed by atoms with Crippen molar-refractivity contribution in [1.29, 1.82) is 0 Å². The van der Waals surface area contributed by atoms with Gasteiger partial charge in [-0.2, -0.15) is 0 Å². The van der Waals surface area contributed by atoms with Gasteiger partial charge in [-0.3, -0.25) is 0 Å². The Morgan fingerprint density at radius 1 is 0.944 bits per heavy atom. The van der Waals surface area contributed by atoms with Crippen LogP contribution < -0.4 is 5.46 Å². The van der Waals surface area contributed by atoms with E-state index < -0.39 is 18.3 Å². The lowest BCUT2D eigenvalue weighted by atomic mass is 9.77. The summed E-state index contributed by atoms with van der Waals surface area (Å²) in [4.78, 5) is 0. The van der Waals surface area contributed by atoms with Crippen molar-refractivity contribution in [2.75, 3.05) is 0 Å². The number of aryl methyl sites for hydroxylation is 2. The molecule has 1 aliphatic heterocycles. The summed E-state index contributed by atoms with van der Waals surface area (Å²) in [5.74, 6) is -0.267. The minimum atomic E-state index is -0.630. The van der Waals surface area contributed by atoms with Gasteiger partial charge < -0.3 is 9.31 Å². The Morgan fingerprint density at radius 2 is 1.39 bits per heavy atom. The predicted octanol–water partition coefficient (Wildman–Crippen LogP) is 2.74. The molecule has 0 unspecified atom stereocenters. The Morgan fingerprint density at radius 3 is 1.89 bits per heavy atom. The fraction of sp³-hybridized carbons (Fsp3) is 0.571. The third kappa shape index (κ3) is 2.08. The largest absolute Gasteiger partial charge is 0.497 e. The second-order valence-electron chi connectivity index (χ2n) is 6.05. The Kier molecular flexibility index (Phi) is 3.07. The molecule has 0 spiro atoms. The smallest absolute Gasteiger partial charge is 0.399 e. The van der Waals surface area contributed by atoms with Crippen LogP contribution in [-0.4, -0.2) is 18.3 Å². The molecule has 1 heterocycles. The van der Waals surface area contributed by atoms with Gasteiger partial charge in [0, 0.05) is 5.46 Å². The maximum atomic E-state index is 14.0. The second kappa shape index (κ2) is 4.07. The number of hydrogen-bond acceptors (Lipinski definition) is 2. The molecule has 1 aromatic rings. The normalized spacial score (nSPS) is 21.4. The SMILES string of the molecule is Cc1cc(F)c(B2OC(C)(C)C(C)(C)O2)cc1C. The van der Waals surface area contributed by atoms with Crippen molar-refractivity contribution in [1.82, 2.24) is 0 Å². The number of hydrogen-bond donors (Lipinski definition) is 0. The van der Waals surface area contributed by atoms with E-state index in [1.165, 1.54) is 6.07 Å². The summed E-state index contributed by atoms with van der Waals surface area (Å²) in [7, 11) is -0.630. The average molecular weight is 250 g/mol. The molecule has 0 bridgehead atoms. The van der Waals surface area contributed by atoms with Crippen molar-refractivity contribution in [3.8, 4) is 0 Å². The van der Waals surface area contributed by atoms with Gasteiger partial charge in [0.25, 0.3) is 0 Å². The van der Waals surface area contributed by atoms with Crippen LogP contribution in [-0.2, 0) is 9.31 Å². The fourth-order valence-corrected chi connectivity index (χ4v) is 1.95.